The van der Waals surface area contributed by atoms with E-state index in [1.54, 1.807) is 71.9 Å². The maximum atomic E-state index is 15.2. The number of cyclic esters (lactones) is 2. The van der Waals surface area contributed by atoms with E-state index in [-0.39, 0.29) is 101 Å². The number of hydrogen-bond acceptors (Lipinski definition) is 21. The molecule has 32 heteroatoms. The molecule has 3 unspecified atom stereocenters. The Kier molecular flexibility index (Phi) is 30.2. The second-order valence-corrected chi connectivity index (χ2v) is 31.2. The Bertz CT molecular complexity index is 3480. The minimum Gasteiger partial charge on any atom is -0.497 e. The summed E-state index contributed by atoms with van der Waals surface area (Å²) in [6.07, 6.45) is -4.83. The summed E-state index contributed by atoms with van der Waals surface area (Å²) >= 11 is 1.40. The van der Waals surface area contributed by atoms with Gasteiger partial charge >= 0.3 is 24.0 Å². The van der Waals surface area contributed by atoms with E-state index in [1.807, 2.05) is 25.3 Å². The molecular formula is C72H104N10O20S2. The number of ether oxygens (including phenoxy) is 5. The van der Waals surface area contributed by atoms with Gasteiger partial charge in [-0.15, -0.1) is 11.3 Å². The smallest absolute Gasteiger partial charge is 0.407 e. The maximum Gasteiger partial charge on any atom is 0.407 e. The molecule has 574 valence electrons. The van der Waals surface area contributed by atoms with Crippen molar-refractivity contribution in [1.29, 1.82) is 0 Å². The Balaban J connectivity index is 1.04. The van der Waals surface area contributed by atoms with Crippen LogP contribution in [0.15, 0.2) is 53.6 Å². The zero-order valence-corrected chi connectivity index (χ0v) is 63.3. The number of thiophene rings is 1. The summed E-state index contributed by atoms with van der Waals surface area (Å²) in [5.41, 5.74) is 0.968. The number of esters is 3. The first kappa shape index (κ1) is 82.8. The molecule has 1 aromatic carbocycles. The van der Waals surface area contributed by atoms with Gasteiger partial charge in [0.2, 0.25) is 35.4 Å². The van der Waals surface area contributed by atoms with Gasteiger partial charge in [-0.3, -0.25) is 61.8 Å². The lowest BCUT2D eigenvalue weighted by atomic mass is 9.92. The van der Waals surface area contributed by atoms with Gasteiger partial charge in [-0.05, 0) is 117 Å². The fourth-order valence-electron chi connectivity index (χ4n) is 13.4. The summed E-state index contributed by atoms with van der Waals surface area (Å²) in [6.45, 7) is 16.7. The highest BCUT2D eigenvalue weighted by atomic mass is 32.2. The average molecular weight is 1490 g/mol. The Morgan fingerprint density at radius 2 is 1.56 bits per heavy atom. The predicted molar refractivity (Wildman–Crippen MR) is 380 cm³/mol. The van der Waals surface area contributed by atoms with Crippen molar-refractivity contribution in [2.45, 2.75) is 224 Å². The first-order chi connectivity index (χ1) is 49.2. The fraction of sp³-hybridized carbons (Fsp3) is 0.653. The van der Waals surface area contributed by atoms with Crippen LogP contribution in [0.4, 0.5) is 4.79 Å². The van der Waals surface area contributed by atoms with E-state index in [0.29, 0.717) is 36.1 Å². The van der Waals surface area contributed by atoms with Crippen LogP contribution in [0.25, 0.3) is 0 Å². The highest BCUT2D eigenvalue weighted by molar-refractivity contribution is 7.86. The van der Waals surface area contributed by atoms with Crippen LogP contribution in [-0.2, 0) is 100 Å². The minimum absolute atomic E-state index is 0.00101. The molecule has 15 atom stereocenters. The van der Waals surface area contributed by atoms with Crippen molar-refractivity contribution >= 4 is 99.3 Å². The van der Waals surface area contributed by atoms with Crippen LogP contribution in [0.1, 0.15) is 144 Å². The molecule has 0 bridgehead atoms. The molecule has 0 spiro atoms. The third kappa shape index (κ3) is 21.6. The van der Waals surface area contributed by atoms with Gasteiger partial charge in [0.05, 0.1) is 48.6 Å². The minimum atomic E-state index is -1.81. The molecule has 7 rings (SSSR count). The molecule has 5 aliphatic rings. The van der Waals surface area contributed by atoms with Gasteiger partial charge in [0.25, 0.3) is 17.7 Å². The number of methoxy groups -OCH3 is 1. The van der Waals surface area contributed by atoms with Crippen molar-refractivity contribution in [3.05, 3.63) is 64.0 Å². The molecule has 0 aliphatic carbocycles. The van der Waals surface area contributed by atoms with Gasteiger partial charge in [-0.25, -0.2) is 9.59 Å². The molecule has 30 nitrogen and oxygen atoms in total. The molecule has 0 radical (unpaired) electrons. The Morgan fingerprint density at radius 3 is 2.20 bits per heavy atom. The summed E-state index contributed by atoms with van der Waals surface area (Å²) in [5, 5.41) is 26.6. The number of likely N-dealkylation sites (N-methyl/N-ethyl adjacent to an activating group) is 2. The maximum absolute atomic E-state index is 15.2. The van der Waals surface area contributed by atoms with Crippen LogP contribution < -0.4 is 31.3 Å². The molecule has 10 amide bonds. The van der Waals surface area contributed by atoms with Crippen LogP contribution in [0, 0.1) is 23.7 Å². The molecule has 104 heavy (non-hydrogen) atoms. The number of carbonyl (C=O) groups excluding carboxylic acids is 13. The zero-order valence-electron chi connectivity index (χ0n) is 61.7. The third-order valence-corrected chi connectivity index (χ3v) is 22.0. The SMILES string of the molecule is CC[C@H](C)[C@@H]1NC(=O)[C@H](NC(=O)[C@@H](CC(C)C)N(C)C(=O)[C@@H]2CCCN2C(=O)[C@@H](C)OC(=O)CCCNC(=O)OCC2=CN3C(=O)C(NC(=O)Cc4cccs4)C3S(=O)C2)[C@H](C)OC(=O)[C@H](Cc2ccc(OC)cc2)N(C)C(=O)[C@@H]2CCCN2C(=O)[C@H](CC(C)C)NC(=O)[C@H](C(C)C)OC(=O)C[C@@H]1O. The first-order valence-electron chi connectivity index (χ1n) is 35.8. The number of hydrogen-bond donors (Lipinski definition) is 6. The van der Waals surface area contributed by atoms with Gasteiger partial charge in [0, 0.05) is 57.6 Å². The lowest BCUT2D eigenvalue weighted by molar-refractivity contribution is -0.162. The summed E-state index contributed by atoms with van der Waals surface area (Å²) < 4.78 is 41.3. The second kappa shape index (κ2) is 38.0. The Labute approximate surface area is 613 Å². The standard InChI is InChI=1S/C72H104N10O20S2/c1-14-42(8)58-54(83)35-57(86)102-61(41(6)7)64(89)74-49(31-39(2)3)66(91)81-29-17-21-51(81)68(93)79(12)53(33-45-23-25-47(98-13)26-24-45)71(95)101-43(9)59(63(88)76-58)77-62(87)52(32-40(4)5)78(11)67(92)50-20-16-28-80(50)65(90)44(10)100-56(85)22-15-27-73-72(96)99-37-46-36-82-69(94)60(70(82)104(97)38-46)75-55(84)34-48-19-18-30-103-48/h18-19,23-26,30,36,39-44,49-54,58-61,70,83H,14-17,20-22,27-29,31-35,37-38H2,1-13H3,(H,73,96)(H,74,89)(H,75,84)(H,76,88)(H,77,87)/t42-,43-,44+,49-,50-,51-,52+,53-,54-,58-,59+,60?,61-,70?,104?/m0/s1. The topological polar surface area (TPSA) is 382 Å². The first-order valence-corrected chi connectivity index (χ1v) is 38.1. The van der Waals surface area contributed by atoms with E-state index in [4.69, 9.17) is 23.7 Å². The highest BCUT2D eigenvalue weighted by Gasteiger charge is 2.53. The second-order valence-electron chi connectivity index (χ2n) is 28.6. The van der Waals surface area contributed by atoms with E-state index in [1.165, 1.54) is 77.1 Å². The van der Waals surface area contributed by atoms with E-state index in [9.17, 15) is 52.5 Å². The van der Waals surface area contributed by atoms with Crippen LogP contribution in [0.3, 0.4) is 0 Å². The average Bonchev–Trinajstić information content (AvgIpc) is 0.959. The molecule has 6 heterocycles. The Morgan fingerprint density at radius 1 is 0.856 bits per heavy atom. The van der Waals surface area contributed by atoms with E-state index in [0.717, 1.165) is 4.88 Å². The molecule has 5 aliphatic heterocycles. The van der Waals surface area contributed by atoms with Crippen molar-refractivity contribution in [3.63, 3.8) is 0 Å². The van der Waals surface area contributed by atoms with E-state index < -0.39 is 178 Å². The molecular weight excluding hydrogens is 1390 g/mol. The van der Waals surface area contributed by atoms with Crippen molar-refractivity contribution in [3.8, 4) is 5.75 Å². The van der Waals surface area contributed by atoms with Crippen molar-refractivity contribution in [1.82, 2.24) is 51.1 Å². The van der Waals surface area contributed by atoms with Gasteiger partial charge in [0.1, 0.15) is 66.1 Å². The van der Waals surface area contributed by atoms with Crippen LogP contribution in [0.5, 0.6) is 5.75 Å². The van der Waals surface area contributed by atoms with E-state index in [2.05, 4.69) is 26.6 Å². The summed E-state index contributed by atoms with van der Waals surface area (Å²) in [6, 6.07) is 0.145. The summed E-state index contributed by atoms with van der Waals surface area (Å²) in [4.78, 5) is 191. The molecule has 6 N–H and O–H groups in total. The molecule has 1 aromatic heterocycles. The van der Waals surface area contributed by atoms with Crippen LogP contribution >= 0.6 is 11.3 Å². The van der Waals surface area contributed by atoms with Crippen molar-refractivity contribution < 1.29 is 95.3 Å². The number of rotatable bonds is 25. The van der Waals surface area contributed by atoms with Crippen molar-refractivity contribution in [2.24, 2.45) is 23.7 Å². The number of carbonyl (C=O) groups is 13. The number of benzene rings is 1. The van der Waals surface area contributed by atoms with Gasteiger partial charge < -0.3 is 75.0 Å². The largest absolute Gasteiger partial charge is 0.497 e. The summed E-state index contributed by atoms with van der Waals surface area (Å²) in [7, 11) is 2.66. The number of alkyl carbamates (subject to hydrolysis) is 1. The number of nitrogens with one attached hydrogen (secondary N) is 5. The number of aliphatic hydroxyl groups excluding tert-OH is 1. The van der Waals surface area contributed by atoms with E-state index >= 15 is 19.2 Å². The number of likely N-dealkylation sites (tertiary alicyclic amines) is 1. The summed E-state index contributed by atoms with van der Waals surface area (Å²) in [5.74, 6) is -9.95. The van der Waals surface area contributed by atoms with Gasteiger partial charge in [0.15, 0.2) is 12.2 Å². The lowest BCUT2D eigenvalue weighted by Crippen LogP contribution is -2.71. The van der Waals surface area contributed by atoms with Gasteiger partial charge in [-0.1, -0.05) is 80.0 Å². The molecule has 0 saturated carbocycles. The number of aliphatic hydroxyl groups is 1. The monoisotopic (exact) mass is 1490 g/mol. The third-order valence-electron chi connectivity index (χ3n) is 19.4. The fourth-order valence-corrected chi connectivity index (χ4v) is 15.7. The van der Waals surface area contributed by atoms with Crippen LogP contribution in [0.2, 0.25) is 0 Å². The highest BCUT2D eigenvalue weighted by Crippen LogP contribution is 2.32. The predicted octanol–water partition coefficient (Wildman–Crippen LogP) is 2.77. The molecule has 4 fully saturated rings. The number of amides is 10. The van der Waals surface area contributed by atoms with Crippen molar-refractivity contribution in [2.75, 3.05) is 53.2 Å². The number of nitrogens with zero attached hydrogens (tertiary/aromatic N) is 5. The molecule has 2 aromatic rings. The molecule has 4 saturated heterocycles. The quantitative estimate of drug-likeness (QED) is 0.0360. The number of fused-ring (bicyclic) bond motifs is 2. The number of β-lactam (4-membered cyclic amide) rings is 1. The van der Waals surface area contributed by atoms with Gasteiger partial charge in [-0.2, -0.15) is 0 Å². The lowest BCUT2D eigenvalue weighted by Gasteiger charge is -2.46. The Hall–Kier alpha value is -8.52. The normalized spacial score (nSPS) is 26.1. The zero-order chi connectivity index (χ0) is 76.5. The van der Waals surface area contributed by atoms with Crippen LogP contribution in [-0.4, -0.2) is 242 Å².